The lowest BCUT2D eigenvalue weighted by molar-refractivity contribution is -0.155. The predicted octanol–water partition coefficient (Wildman–Crippen LogP) is 4.63. The number of carbonyl (C=O) groups is 3. The zero-order chi connectivity index (χ0) is 29.4. The fourth-order valence-corrected chi connectivity index (χ4v) is 7.41. The molecule has 0 amide bonds. The third kappa shape index (κ3) is 5.38. The van der Waals surface area contributed by atoms with E-state index < -0.39 is 5.97 Å². The molecule has 1 saturated carbocycles. The molecule has 9 heteroatoms. The van der Waals surface area contributed by atoms with Crippen LogP contribution in [0, 0.1) is 17.8 Å². The van der Waals surface area contributed by atoms with Crippen molar-refractivity contribution in [2.75, 3.05) is 33.9 Å². The molecule has 2 aromatic carbocycles. The zero-order valence-corrected chi connectivity index (χ0v) is 24.4. The van der Waals surface area contributed by atoms with Crippen molar-refractivity contribution in [2.45, 2.75) is 51.2 Å². The van der Waals surface area contributed by atoms with Crippen molar-refractivity contribution < 1.29 is 33.3 Å². The van der Waals surface area contributed by atoms with Crippen LogP contribution in [0.1, 0.15) is 59.4 Å². The molecule has 0 spiro atoms. The number of hydrogen-bond donors (Lipinski definition) is 1. The lowest BCUT2D eigenvalue weighted by Gasteiger charge is -2.51. The van der Waals surface area contributed by atoms with Gasteiger partial charge in [-0.3, -0.25) is 14.5 Å². The van der Waals surface area contributed by atoms with Gasteiger partial charge in [0.25, 0.3) is 0 Å². The number of benzene rings is 2. The largest absolute Gasteiger partial charge is 0.497 e. The van der Waals surface area contributed by atoms with Crippen LogP contribution in [-0.4, -0.2) is 67.8 Å². The van der Waals surface area contributed by atoms with Crippen molar-refractivity contribution in [2.24, 2.45) is 17.8 Å². The maximum Gasteiger partial charge on any atom is 0.338 e. The molecule has 5 unspecified atom stereocenters. The molecule has 2 aliphatic heterocycles. The van der Waals surface area contributed by atoms with Crippen molar-refractivity contribution in [3.8, 4) is 5.75 Å². The number of rotatable bonds is 7. The molecule has 3 aromatic rings. The van der Waals surface area contributed by atoms with Gasteiger partial charge in [-0.2, -0.15) is 0 Å². The molecule has 0 radical (unpaired) electrons. The lowest BCUT2D eigenvalue weighted by atomic mass is 9.65. The van der Waals surface area contributed by atoms with Gasteiger partial charge < -0.3 is 23.9 Å². The van der Waals surface area contributed by atoms with E-state index in [-0.39, 0.29) is 48.3 Å². The van der Waals surface area contributed by atoms with Crippen molar-refractivity contribution in [1.29, 1.82) is 0 Å². The van der Waals surface area contributed by atoms with Gasteiger partial charge in [-0.05, 0) is 79.8 Å². The minimum atomic E-state index is -0.422. The average Bonchev–Trinajstić information content (AvgIpc) is 3.38. The highest BCUT2D eigenvalue weighted by atomic mass is 16.5. The number of nitrogens with zero attached hydrogens (tertiary/aromatic N) is 1. The van der Waals surface area contributed by atoms with Gasteiger partial charge in [0.05, 0.1) is 44.8 Å². The quantitative estimate of drug-likeness (QED) is 0.322. The van der Waals surface area contributed by atoms with E-state index in [1.165, 1.54) is 23.8 Å². The Kier molecular flexibility index (Phi) is 7.94. The smallest absolute Gasteiger partial charge is 0.338 e. The second-order valence-corrected chi connectivity index (χ2v) is 11.7. The Labute approximate surface area is 245 Å². The lowest BCUT2D eigenvalue weighted by Crippen LogP contribution is -2.52. The van der Waals surface area contributed by atoms with Crippen LogP contribution in [0.15, 0.2) is 42.5 Å². The summed E-state index contributed by atoms with van der Waals surface area (Å²) in [5.41, 5.74) is 4.87. The van der Waals surface area contributed by atoms with E-state index in [1.807, 2.05) is 12.1 Å². The first-order valence-electron chi connectivity index (χ1n) is 14.8. The summed E-state index contributed by atoms with van der Waals surface area (Å²) >= 11 is 0. The molecule has 1 N–H and O–H groups in total. The number of methoxy groups -OCH3 is 2. The van der Waals surface area contributed by atoms with Crippen LogP contribution in [0.5, 0.6) is 5.75 Å². The molecular formula is C33H38N2O7. The minimum absolute atomic E-state index is 0.141. The number of nitrogens with one attached hydrogen (secondary N) is 1. The third-order valence-corrected chi connectivity index (χ3v) is 9.36. The number of hydrogen-bond acceptors (Lipinski definition) is 8. The average molecular weight is 575 g/mol. The van der Waals surface area contributed by atoms with Crippen LogP contribution in [-0.2, 0) is 36.6 Å². The van der Waals surface area contributed by atoms with Crippen molar-refractivity contribution in [1.82, 2.24) is 9.88 Å². The molecule has 1 saturated heterocycles. The zero-order valence-electron chi connectivity index (χ0n) is 24.4. The summed E-state index contributed by atoms with van der Waals surface area (Å²) in [5.74, 6) is -0.113. The second kappa shape index (κ2) is 11.8. The van der Waals surface area contributed by atoms with Gasteiger partial charge in [0.1, 0.15) is 11.9 Å². The molecule has 1 aromatic heterocycles. The molecule has 6 rings (SSSR count). The molecule has 9 nitrogen and oxygen atoms in total. The van der Waals surface area contributed by atoms with Crippen LogP contribution in [0.2, 0.25) is 0 Å². The summed E-state index contributed by atoms with van der Waals surface area (Å²) in [6.07, 6.45) is 2.75. The summed E-state index contributed by atoms with van der Waals surface area (Å²) in [4.78, 5) is 44.2. The Bertz CT molecular complexity index is 1480. The summed E-state index contributed by atoms with van der Waals surface area (Å²) in [7, 11) is 3.11. The maximum atomic E-state index is 13.1. The van der Waals surface area contributed by atoms with Crippen LogP contribution in [0.4, 0.5) is 0 Å². The van der Waals surface area contributed by atoms with E-state index in [0.717, 1.165) is 42.8 Å². The highest BCUT2D eigenvalue weighted by molar-refractivity contribution is 5.90. The fraction of sp³-hybridized carbons (Fsp3) is 0.485. The Morgan fingerprint density at radius 1 is 1.02 bits per heavy atom. The summed E-state index contributed by atoms with van der Waals surface area (Å²) < 4.78 is 21.7. The third-order valence-electron chi connectivity index (χ3n) is 9.36. The maximum absolute atomic E-state index is 13.1. The minimum Gasteiger partial charge on any atom is -0.497 e. The van der Waals surface area contributed by atoms with Crippen molar-refractivity contribution >= 4 is 28.8 Å². The Hall–Kier alpha value is -3.85. The standard InChI is InChI=1S/C33H38N2O7/c1-4-41-30(36)13-19-5-7-20(8-6-19)32(37)42-23-14-21-18-35-12-11-25-24-10-9-22(39-2)16-28(24)34-31(25)29(35)17-26(21)27(15-23)33(38)40-3/h5-10,16,21,23,26-27,29,34H,4,11-15,17-18H2,1-3H3. The van der Waals surface area contributed by atoms with Gasteiger partial charge in [-0.15, -0.1) is 0 Å². The summed E-state index contributed by atoms with van der Waals surface area (Å²) in [5, 5.41) is 1.24. The Balaban J connectivity index is 1.17. The summed E-state index contributed by atoms with van der Waals surface area (Å²) in [6.45, 7) is 3.89. The van der Waals surface area contributed by atoms with E-state index in [9.17, 15) is 14.4 Å². The summed E-state index contributed by atoms with van der Waals surface area (Å²) in [6, 6.07) is 13.2. The number of piperidine rings is 1. The van der Waals surface area contributed by atoms with Gasteiger partial charge in [0.15, 0.2) is 0 Å². The number of fused-ring (bicyclic) bond motifs is 6. The van der Waals surface area contributed by atoms with Gasteiger partial charge in [0, 0.05) is 35.8 Å². The molecular weight excluding hydrogens is 536 g/mol. The SMILES string of the molecule is CCOC(=O)Cc1ccc(C(=O)OC2CC3CN4CCc5c([nH]c6cc(OC)ccc56)C4CC3C(C(=O)OC)C2)cc1. The first-order chi connectivity index (χ1) is 20.4. The molecule has 5 atom stereocenters. The molecule has 42 heavy (non-hydrogen) atoms. The Morgan fingerprint density at radius 3 is 2.57 bits per heavy atom. The fourth-order valence-electron chi connectivity index (χ4n) is 7.41. The van der Waals surface area contributed by atoms with E-state index in [4.69, 9.17) is 18.9 Å². The monoisotopic (exact) mass is 574 g/mol. The van der Waals surface area contributed by atoms with Gasteiger partial charge in [0.2, 0.25) is 0 Å². The van der Waals surface area contributed by atoms with Gasteiger partial charge in [-0.25, -0.2) is 4.79 Å². The van der Waals surface area contributed by atoms with Crippen LogP contribution < -0.4 is 4.74 Å². The number of aromatic amines is 1. The normalized spacial score (nSPS) is 25.1. The first-order valence-corrected chi connectivity index (χ1v) is 14.8. The van der Waals surface area contributed by atoms with Gasteiger partial charge in [-0.1, -0.05) is 12.1 Å². The number of esters is 3. The predicted molar refractivity (Wildman–Crippen MR) is 155 cm³/mol. The highest BCUT2D eigenvalue weighted by Gasteiger charge is 2.49. The number of H-pyrrole nitrogens is 1. The van der Waals surface area contributed by atoms with Gasteiger partial charge >= 0.3 is 17.9 Å². The van der Waals surface area contributed by atoms with E-state index in [2.05, 4.69) is 16.0 Å². The molecule has 0 bridgehead atoms. The second-order valence-electron chi connectivity index (χ2n) is 11.7. The molecule has 1 aliphatic carbocycles. The number of carbonyl (C=O) groups excluding carboxylic acids is 3. The topological polar surface area (TPSA) is 107 Å². The van der Waals surface area contributed by atoms with Crippen LogP contribution in [0.25, 0.3) is 10.9 Å². The first kappa shape index (κ1) is 28.3. The molecule has 3 heterocycles. The highest BCUT2D eigenvalue weighted by Crippen LogP contribution is 2.50. The van der Waals surface area contributed by atoms with Crippen LogP contribution >= 0.6 is 0 Å². The molecule has 3 aliphatic rings. The number of aromatic nitrogens is 1. The van der Waals surface area contributed by atoms with E-state index in [1.54, 1.807) is 38.3 Å². The van der Waals surface area contributed by atoms with E-state index >= 15 is 0 Å². The molecule has 2 fully saturated rings. The van der Waals surface area contributed by atoms with Crippen molar-refractivity contribution in [3.05, 3.63) is 64.8 Å². The van der Waals surface area contributed by atoms with Crippen molar-refractivity contribution in [3.63, 3.8) is 0 Å². The van der Waals surface area contributed by atoms with Crippen LogP contribution in [0.3, 0.4) is 0 Å². The number of ether oxygens (including phenoxy) is 4. The van der Waals surface area contributed by atoms with E-state index in [0.29, 0.717) is 25.0 Å². The molecule has 222 valence electrons. The Morgan fingerprint density at radius 2 is 1.83 bits per heavy atom.